The van der Waals surface area contributed by atoms with E-state index in [4.69, 9.17) is 5.11 Å². The van der Waals surface area contributed by atoms with Crippen LogP contribution in [-0.4, -0.2) is 59.7 Å². The van der Waals surface area contributed by atoms with Crippen molar-refractivity contribution in [1.29, 1.82) is 0 Å². The van der Waals surface area contributed by atoms with Gasteiger partial charge in [0.05, 0.1) is 27.6 Å². The van der Waals surface area contributed by atoms with Crippen molar-refractivity contribution in [1.82, 2.24) is 0 Å². The number of aliphatic hydroxyl groups is 1. The molecule has 0 aliphatic carbocycles. The van der Waals surface area contributed by atoms with Crippen LogP contribution in [0.1, 0.15) is 64.7 Å². The van der Waals surface area contributed by atoms with Crippen LogP contribution >= 0.6 is 0 Å². The van der Waals surface area contributed by atoms with Gasteiger partial charge in [-0.1, -0.05) is 51.5 Å². The van der Waals surface area contributed by atoms with Crippen molar-refractivity contribution in [3.63, 3.8) is 0 Å². The van der Waals surface area contributed by atoms with Crippen LogP contribution in [0.4, 0.5) is 0 Å². The van der Waals surface area contributed by atoms with Gasteiger partial charge in [0, 0.05) is 0 Å². The second-order valence-electron chi connectivity index (χ2n) is 7.73. The van der Waals surface area contributed by atoms with Gasteiger partial charge in [0.25, 0.3) is 0 Å². The number of carbonyl (C=O) groups excluding carboxylic acids is 1. The van der Waals surface area contributed by atoms with Gasteiger partial charge < -0.3 is 14.7 Å². The van der Waals surface area contributed by atoms with Crippen LogP contribution in [0.25, 0.3) is 0 Å². The summed E-state index contributed by atoms with van der Waals surface area (Å²) in [5, 5.41) is 19.5. The molecule has 0 aromatic carbocycles. The summed E-state index contributed by atoms with van der Waals surface area (Å²) in [7, 11) is 5.47. The molecule has 24 heavy (non-hydrogen) atoms. The number of likely N-dealkylation sites (N-methyl/N-ethyl adjacent to an activating group) is 1. The smallest absolute Gasteiger partial charge is 0.307 e. The summed E-state index contributed by atoms with van der Waals surface area (Å²) in [6.45, 7) is 2.27. The van der Waals surface area contributed by atoms with Crippen LogP contribution in [0.3, 0.4) is 0 Å². The highest BCUT2D eigenvalue weighted by Gasteiger charge is 2.41. The maximum atomic E-state index is 12.3. The Bertz CT molecular complexity index is 412. The summed E-state index contributed by atoms with van der Waals surface area (Å²) in [6, 6.07) is 0. The normalized spacial score (nSPS) is 14.7. The molecular weight excluding hydrogens is 306 g/mol. The van der Waals surface area contributed by atoms with E-state index in [1.807, 2.05) is 21.1 Å². The molecule has 0 saturated carbocycles. The molecule has 1 atom stereocenters. The molecule has 0 heterocycles. The van der Waals surface area contributed by atoms with E-state index in [1.165, 1.54) is 38.2 Å². The first-order valence-electron chi connectivity index (χ1n) is 9.06. The van der Waals surface area contributed by atoms with Gasteiger partial charge in [0.1, 0.15) is 6.54 Å². The summed E-state index contributed by atoms with van der Waals surface area (Å²) in [5.74, 6) is -1.68. The molecule has 0 saturated heterocycles. The van der Waals surface area contributed by atoms with Crippen LogP contribution < -0.4 is 0 Å². The monoisotopic (exact) mass is 342 g/mol. The number of rotatable bonds is 14. The van der Waals surface area contributed by atoms with Crippen molar-refractivity contribution in [2.75, 3.05) is 27.7 Å². The molecule has 0 fully saturated rings. The average Bonchev–Trinajstić information content (AvgIpc) is 2.42. The molecule has 140 valence electrons. The zero-order valence-electron chi connectivity index (χ0n) is 15.9. The number of aliphatic carboxylic acids is 1. The Morgan fingerprint density at radius 2 is 1.54 bits per heavy atom. The number of nitrogens with zero attached hydrogens (tertiary/aromatic N) is 1. The summed E-state index contributed by atoms with van der Waals surface area (Å²) in [4.78, 5) is 23.3. The van der Waals surface area contributed by atoms with Crippen LogP contribution in [0.15, 0.2) is 12.2 Å². The van der Waals surface area contributed by atoms with E-state index in [9.17, 15) is 14.7 Å². The standard InChI is InChI=1S/C19H35NO4/c1-5-6-7-8-9-10-11-12-13-14-17(21)19(24,15-18(22)23)16-20(2,3)4/h13-14,24H,5-12,15-16H2,1-4H3/p+1. The zero-order chi connectivity index (χ0) is 18.6. The predicted molar refractivity (Wildman–Crippen MR) is 96.9 cm³/mol. The summed E-state index contributed by atoms with van der Waals surface area (Å²) in [5.41, 5.74) is -1.85. The molecule has 0 rings (SSSR count). The molecule has 0 amide bonds. The van der Waals surface area contributed by atoms with E-state index in [2.05, 4.69) is 6.92 Å². The van der Waals surface area contributed by atoms with E-state index in [-0.39, 0.29) is 6.54 Å². The molecule has 5 heteroatoms. The summed E-state index contributed by atoms with van der Waals surface area (Å²) in [6.07, 6.45) is 11.8. The first-order valence-corrected chi connectivity index (χ1v) is 9.06. The zero-order valence-corrected chi connectivity index (χ0v) is 15.9. The fourth-order valence-electron chi connectivity index (χ4n) is 2.82. The number of unbranched alkanes of at least 4 members (excludes halogenated alkanes) is 7. The topological polar surface area (TPSA) is 74.6 Å². The van der Waals surface area contributed by atoms with Crippen molar-refractivity contribution in [2.45, 2.75) is 70.3 Å². The molecule has 2 N–H and O–H groups in total. The number of carboxylic acid groups (broad SMARTS) is 1. The Kier molecular flexibility index (Phi) is 10.8. The lowest BCUT2D eigenvalue weighted by molar-refractivity contribution is -0.875. The number of quaternary nitrogens is 1. The Balaban J connectivity index is 4.33. The minimum absolute atomic E-state index is 0.0693. The Labute approximate surface area is 146 Å². The average molecular weight is 343 g/mol. The van der Waals surface area contributed by atoms with Crippen molar-refractivity contribution < 1.29 is 24.3 Å². The Morgan fingerprint density at radius 3 is 2.04 bits per heavy atom. The molecule has 1 unspecified atom stereocenters. The van der Waals surface area contributed by atoms with Crippen LogP contribution in [-0.2, 0) is 9.59 Å². The Morgan fingerprint density at radius 1 is 1.00 bits per heavy atom. The molecule has 0 aliphatic heterocycles. The van der Waals surface area contributed by atoms with Gasteiger partial charge in [0.15, 0.2) is 11.4 Å². The molecule has 0 aromatic heterocycles. The minimum Gasteiger partial charge on any atom is -0.481 e. The highest BCUT2D eigenvalue weighted by molar-refractivity contribution is 5.99. The molecule has 0 aliphatic rings. The van der Waals surface area contributed by atoms with E-state index in [0.717, 1.165) is 19.3 Å². The minimum atomic E-state index is -1.85. The number of carboxylic acids is 1. The molecule has 0 radical (unpaired) electrons. The lowest BCUT2D eigenvalue weighted by Crippen LogP contribution is -2.54. The molecular formula is C19H36NO4+. The fraction of sp³-hybridized carbons (Fsp3) is 0.789. The number of allylic oxidation sites excluding steroid dienone is 1. The second-order valence-corrected chi connectivity index (χ2v) is 7.73. The number of carbonyl (C=O) groups is 2. The Hall–Kier alpha value is -1.20. The van der Waals surface area contributed by atoms with Crippen LogP contribution in [0, 0.1) is 0 Å². The first-order chi connectivity index (χ1) is 11.1. The van der Waals surface area contributed by atoms with Crippen LogP contribution in [0.2, 0.25) is 0 Å². The first kappa shape index (κ1) is 22.8. The van der Waals surface area contributed by atoms with Gasteiger partial charge in [-0.05, 0) is 18.9 Å². The van der Waals surface area contributed by atoms with E-state index < -0.39 is 23.8 Å². The number of hydrogen-bond acceptors (Lipinski definition) is 3. The largest absolute Gasteiger partial charge is 0.481 e. The second kappa shape index (κ2) is 11.4. The summed E-state index contributed by atoms with van der Waals surface area (Å²) < 4.78 is 0.321. The lowest BCUT2D eigenvalue weighted by atomic mass is 9.92. The van der Waals surface area contributed by atoms with Crippen molar-refractivity contribution in [3.05, 3.63) is 12.2 Å². The molecule has 0 bridgehead atoms. The third-order valence-electron chi connectivity index (χ3n) is 3.88. The van der Waals surface area contributed by atoms with Crippen LogP contribution in [0.5, 0.6) is 0 Å². The van der Waals surface area contributed by atoms with E-state index in [1.54, 1.807) is 6.08 Å². The third-order valence-corrected chi connectivity index (χ3v) is 3.88. The lowest BCUT2D eigenvalue weighted by Gasteiger charge is -2.33. The quantitative estimate of drug-likeness (QED) is 0.289. The predicted octanol–water partition coefficient (Wildman–Crippen LogP) is 3.16. The van der Waals surface area contributed by atoms with Gasteiger partial charge in [-0.15, -0.1) is 0 Å². The maximum Gasteiger partial charge on any atom is 0.307 e. The maximum absolute atomic E-state index is 12.3. The van der Waals surface area contributed by atoms with E-state index >= 15 is 0 Å². The van der Waals surface area contributed by atoms with Gasteiger partial charge >= 0.3 is 5.97 Å². The highest BCUT2D eigenvalue weighted by atomic mass is 16.4. The summed E-state index contributed by atoms with van der Waals surface area (Å²) >= 11 is 0. The number of hydrogen-bond donors (Lipinski definition) is 2. The van der Waals surface area contributed by atoms with Crippen molar-refractivity contribution in [3.8, 4) is 0 Å². The molecule has 0 aromatic rings. The molecule has 0 spiro atoms. The SMILES string of the molecule is CCCCCCCCCC=CC(=O)C(O)(CC(=O)O)C[N+](C)(C)C. The molecule has 5 nitrogen and oxygen atoms in total. The fourth-order valence-corrected chi connectivity index (χ4v) is 2.82. The third kappa shape index (κ3) is 11.4. The van der Waals surface area contributed by atoms with Crippen molar-refractivity contribution >= 4 is 11.8 Å². The van der Waals surface area contributed by atoms with E-state index in [0.29, 0.717) is 4.48 Å². The van der Waals surface area contributed by atoms with Gasteiger partial charge in [-0.3, -0.25) is 9.59 Å². The van der Waals surface area contributed by atoms with Crippen molar-refractivity contribution in [2.24, 2.45) is 0 Å². The van der Waals surface area contributed by atoms with Gasteiger partial charge in [-0.25, -0.2) is 0 Å². The highest BCUT2D eigenvalue weighted by Crippen LogP contribution is 2.17. The van der Waals surface area contributed by atoms with Gasteiger partial charge in [0.2, 0.25) is 0 Å². The number of ketones is 1. The van der Waals surface area contributed by atoms with Gasteiger partial charge in [-0.2, -0.15) is 0 Å².